The number of pyridine rings is 1. The molecule has 31 heavy (non-hydrogen) atoms. The molecule has 0 spiro atoms. The maximum absolute atomic E-state index is 13.8. The van der Waals surface area contributed by atoms with Gasteiger partial charge in [0.2, 0.25) is 5.91 Å². The summed E-state index contributed by atoms with van der Waals surface area (Å²) in [6.45, 7) is -0.224. The van der Waals surface area contributed by atoms with Gasteiger partial charge in [0.15, 0.2) is 0 Å². The molecule has 3 aromatic rings. The van der Waals surface area contributed by atoms with Gasteiger partial charge in [-0.3, -0.25) is 9.78 Å². The molecule has 2 aromatic carbocycles. The molecule has 7 heteroatoms. The van der Waals surface area contributed by atoms with E-state index in [-0.39, 0.29) is 30.2 Å². The maximum atomic E-state index is 13.8. The summed E-state index contributed by atoms with van der Waals surface area (Å²) in [5.41, 5.74) is 8.70. The number of benzene rings is 2. The minimum absolute atomic E-state index is 0.0691. The van der Waals surface area contributed by atoms with Crippen molar-refractivity contribution >= 4 is 39.8 Å². The SMILES string of the molecule is Nc1cc(Cl)ccc1NC(=O)C(CO)C1CCC(c2ccnc3ccc(F)cc23)CC1. The summed E-state index contributed by atoms with van der Waals surface area (Å²) in [6, 6.07) is 11.5. The summed E-state index contributed by atoms with van der Waals surface area (Å²) in [4.78, 5) is 17.2. The van der Waals surface area contributed by atoms with Crippen LogP contribution in [0.4, 0.5) is 15.8 Å². The first kappa shape index (κ1) is 21.5. The molecule has 4 N–H and O–H groups in total. The van der Waals surface area contributed by atoms with Crippen molar-refractivity contribution in [2.75, 3.05) is 17.7 Å². The molecular formula is C24H25ClFN3O2. The van der Waals surface area contributed by atoms with Gasteiger partial charge in [0.25, 0.3) is 0 Å². The van der Waals surface area contributed by atoms with Crippen molar-refractivity contribution in [3.63, 3.8) is 0 Å². The van der Waals surface area contributed by atoms with Crippen LogP contribution in [-0.2, 0) is 4.79 Å². The standard InChI is InChI=1S/C24H25ClFN3O2/c25-16-5-7-23(21(27)11-16)29-24(31)20(13-30)15-3-1-14(2-4-15)18-9-10-28-22-8-6-17(26)12-19(18)22/h5-12,14-15,20,30H,1-4,13,27H2,(H,29,31). The summed E-state index contributed by atoms with van der Waals surface area (Å²) in [6.07, 6.45) is 5.11. The Hall–Kier alpha value is -2.70. The van der Waals surface area contributed by atoms with Gasteiger partial charge in [-0.2, -0.15) is 0 Å². The average molecular weight is 442 g/mol. The quantitative estimate of drug-likeness (QED) is 0.479. The van der Waals surface area contributed by atoms with E-state index in [1.54, 1.807) is 36.5 Å². The smallest absolute Gasteiger partial charge is 0.230 e. The molecule has 0 saturated heterocycles. The number of hydrogen-bond donors (Lipinski definition) is 3. The fourth-order valence-electron chi connectivity index (χ4n) is 4.65. The number of carbonyl (C=O) groups is 1. The van der Waals surface area contributed by atoms with Crippen LogP contribution in [0.2, 0.25) is 5.02 Å². The van der Waals surface area contributed by atoms with Gasteiger partial charge in [-0.05, 0) is 85.5 Å². The molecule has 1 atom stereocenters. The van der Waals surface area contributed by atoms with E-state index in [1.807, 2.05) is 6.07 Å². The van der Waals surface area contributed by atoms with Crippen molar-refractivity contribution in [3.05, 3.63) is 65.1 Å². The van der Waals surface area contributed by atoms with Crippen molar-refractivity contribution < 1.29 is 14.3 Å². The third kappa shape index (κ3) is 4.65. The van der Waals surface area contributed by atoms with Gasteiger partial charge in [-0.15, -0.1) is 0 Å². The van der Waals surface area contributed by atoms with E-state index in [0.717, 1.165) is 42.1 Å². The number of aliphatic hydroxyl groups is 1. The Kier molecular flexibility index (Phi) is 6.39. The molecule has 0 bridgehead atoms. The normalized spacial score (nSPS) is 19.8. The van der Waals surface area contributed by atoms with E-state index in [2.05, 4.69) is 10.3 Å². The molecule has 5 nitrogen and oxygen atoms in total. The number of nitrogens with zero attached hydrogens (tertiary/aromatic N) is 1. The van der Waals surface area contributed by atoms with Gasteiger partial charge >= 0.3 is 0 Å². The average Bonchev–Trinajstić information content (AvgIpc) is 2.76. The molecule has 1 amide bonds. The van der Waals surface area contributed by atoms with E-state index in [9.17, 15) is 14.3 Å². The lowest BCUT2D eigenvalue weighted by molar-refractivity contribution is -0.123. The highest BCUT2D eigenvalue weighted by atomic mass is 35.5. The zero-order valence-corrected chi connectivity index (χ0v) is 17.8. The van der Waals surface area contributed by atoms with Crippen molar-refractivity contribution in [3.8, 4) is 0 Å². The molecule has 1 aliphatic rings. The minimum Gasteiger partial charge on any atom is -0.397 e. The number of aromatic nitrogens is 1. The van der Waals surface area contributed by atoms with E-state index in [0.29, 0.717) is 16.4 Å². The summed E-state index contributed by atoms with van der Waals surface area (Å²) in [5.74, 6) is -0.675. The topological polar surface area (TPSA) is 88.2 Å². The van der Waals surface area contributed by atoms with Crippen LogP contribution in [0, 0.1) is 17.7 Å². The summed E-state index contributed by atoms with van der Waals surface area (Å²) in [7, 11) is 0. The second-order valence-corrected chi connectivity index (χ2v) is 8.62. The molecule has 0 radical (unpaired) electrons. The fraction of sp³-hybridized carbons (Fsp3) is 0.333. The van der Waals surface area contributed by atoms with Crippen LogP contribution in [0.15, 0.2) is 48.7 Å². The molecule has 1 unspecified atom stereocenters. The zero-order chi connectivity index (χ0) is 22.0. The lowest BCUT2D eigenvalue weighted by Gasteiger charge is -2.33. The predicted molar refractivity (Wildman–Crippen MR) is 121 cm³/mol. The Balaban J connectivity index is 1.45. The highest BCUT2D eigenvalue weighted by molar-refractivity contribution is 6.31. The van der Waals surface area contributed by atoms with Crippen LogP contribution < -0.4 is 11.1 Å². The second-order valence-electron chi connectivity index (χ2n) is 8.18. The van der Waals surface area contributed by atoms with Crippen LogP contribution in [0.25, 0.3) is 10.9 Å². The van der Waals surface area contributed by atoms with E-state index < -0.39 is 5.92 Å². The van der Waals surface area contributed by atoms with Gasteiger partial charge in [0.05, 0.1) is 29.4 Å². The molecule has 4 rings (SSSR count). The van der Waals surface area contributed by atoms with Crippen molar-refractivity contribution in [1.29, 1.82) is 0 Å². The summed E-state index contributed by atoms with van der Waals surface area (Å²) in [5, 5.41) is 14.1. The molecular weight excluding hydrogens is 417 g/mol. The Labute approximate surface area is 185 Å². The highest BCUT2D eigenvalue weighted by Gasteiger charge is 2.33. The van der Waals surface area contributed by atoms with E-state index >= 15 is 0 Å². The number of aliphatic hydroxyl groups excluding tert-OH is 1. The monoisotopic (exact) mass is 441 g/mol. The van der Waals surface area contributed by atoms with Crippen LogP contribution in [0.3, 0.4) is 0 Å². The Morgan fingerprint density at radius 1 is 1.19 bits per heavy atom. The third-order valence-corrected chi connectivity index (χ3v) is 6.56. The van der Waals surface area contributed by atoms with Gasteiger partial charge in [-0.1, -0.05) is 11.6 Å². The number of halogens is 2. The third-order valence-electron chi connectivity index (χ3n) is 6.32. The van der Waals surface area contributed by atoms with Gasteiger partial charge < -0.3 is 16.2 Å². The van der Waals surface area contributed by atoms with Gasteiger partial charge in [0.1, 0.15) is 5.82 Å². The molecule has 1 saturated carbocycles. The van der Waals surface area contributed by atoms with Crippen LogP contribution >= 0.6 is 11.6 Å². The lowest BCUT2D eigenvalue weighted by atomic mass is 9.73. The van der Waals surface area contributed by atoms with E-state index in [4.69, 9.17) is 17.3 Å². The Morgan fingerprint density at radius 3 is 2.68 bits per heavy atom. The number of anilines is 2. The molecule has 0 aliphatic heterocycles. The number of carbonyl (C=O) groups excluding carboxylic acids is 1. The van der Waals surface area contributed by atoms with Crippen molar-refractivity contribution in [2.24, 2.45) is 11.8 Å². The van der Waals surface area contributed by atoms with Crippen LogP contribution in [0.1, 0.15) is 37.2 Å². The number of nitrogens with two attached hydrogens (primary N) is 1. The Bertz CT molecular complexity index is 1100. The first-order valence-corrected chi connectivity index (χ1v) is 10.8. The molecule has 162 valence electrons. The maximum Gasteiger partial charge on any atom is 0.230 e. The first-order valence-electron chi connectivity index (χ1n) is 10.5. The molecule has 1 aromatic heterocycles. The number of nitrogen functional groups attached to an aromatic ring is 1. The molecule has 1 aliphatic carbocycles. The zero-order valence-electron chi connectivity index (χ0n) is 17.0. The summed E-state index contributed by atoms with van der Waals surface area (Å²) >= 11 is 5.92. The fourth-order valence-corrected chi connectivity index (χ4v) is 4.83. The molecule has 1 heterocycles. The first-order chi connectivity index (χ1) is 15.0. The Morgan fingerprint density at radius 2 is 1.97 bits per heavy atom. The number of hydrogen-bond acceptors (Lipinski definition) is 4. The van der Waals surface area contributed by atoms with Crippen molar-refractivity contribution in [2.45, 2.75) is 31.6 Å². The number of rotatable bonds is 5. The van der Waals surface area contributed by atoms with Gasteiger partial charge in [0, 0.05) is 16.6 Å². The minimum atomic E-state index is -0.511. The number of fused-ring (bicyclic) bond motifs is 1. The van der Waals surface area contributed by atoms with E-state index in [1.165, 1.54) is 6.07 Å². The summed E-state index contributed by atoms with van der Waals surface area (Å²) < 4.78 is 13.8. The van der Waals surface area contributed by atoms with Crippen molar-refractivity contribution in [1.82, 2.24) is 4.98 Å². The number of amides is 1. The lowest BCUT2D eigenvalue weighted by Crippen LogP contribution is -2.34. The van der Waals surface area contributed by atoms with Crippen LogP contribution in [0.5, 0.6) is 0 Å². The van der Waals surface area contributed by atoms with Gasteiger partial charge in [-0.25, -0.2) is 4.39 Å². The second kappa shape index (κ2) is 9.20. The highest BCUT2D eigenvalue weighted by Crippen LogP contribution is 2.41. The predicted octanol–water partition coefficient (Wildman–Crippen LogP) is 5.13. The molecule has 1 fully saturated rings. The van der Waals surface area contributed by atoms with Crippen LogP contribution in [-0.4, -0.2) is 22.6 Å². The number of nitrogens with one attached hydrogen (secondary N) is 1. The largest absolute Gasteiger partial charge is 0.397 e.